The molecule has 2 aromatic heterocycles. The molecular formula is C25H24FN5O6. The minimum absolute atomic E-state index is 0.0537. The van der Waals surface area contributed by atoms with E-state index in [1.807, 2.05) is 6.92 Å². The van der Waals surface area contributed by atoms with Crippen molar-refractivity contribution in [2.45, 2.75) is 32.4 Å². The molecule has 6 rings (SSSR count). The number of ether oxygens (including phenoxy) is 1. The number of methoxy groups -OCH3 is 1. The lowest BCUT2D eigenvalue weighted by atomic mass is 10.1. The van der Waals surface area contributed by atoms with Crippen molar-refractivity contribution in [1.29, 1.82) is 0 Å². The Bertz CT molecular complexity index is 1440. The number of hydrogen-bond donors (Lipinski definition) is 2. The van der Waals surface area contributed by atoms with Crippen LogP contribution in [0.2, 0.25) is 0 Å². The van der Waals surface area contributed by atoms with Gasteiger partial charge < -0.3 is 19.4 Å². The van der Waals surface area contributed by atoms with Crippen molar-refractivity contribution >= 4 is 40.7 Å². The summed E-state index contributed by atoms with van der Waals surface area (Å²) in [5.74, 6) is -0.185. The predicted octanol–water partition coefficient (Wildman–Crippen LogP) is 2.65. The lowest BCUT2D eigenvalue weighted by Gasteiger charge is -2.13. The minimum atomic E-state index is -0.849. The van der Waals surface area contributed by atoms with Crippen molar-refractivity contribution < 1.29 is 32.7 Å². The molecule has 3 aliphatic rings. The molecule has 0 bridgehead atoms. The third-order valence-electron chi connectivity index (χ3n) is 6.44. The monoisotopic (exact) mass is 509 g/mol. The van der Waals surface area contributed by atoms with E-state index in [4.69, 9.17) is 9.15 Å². The number of imide groups is 1. The summed E-state index contributed by atoms with van der Waals surface area (Å²) < 4.78 is 24.2. The molecule has 0 radical (unpaired) electrons. The SMILES string of the molecule is CCN1Cc2ccc(OC)c(F)c2C1=O.O=C1NC(=O)C(c2cc3nc(N4CCCC4=O)ccc3o2)N1. The molecule has 1 atom stereocenters. The van der Waals surface area contributed by atoms with Crippen molar-refractivity contribution in [2.75, 3.05) is 25.1 Å². The summed E-state index contributed by atoms with van der Waals surface area (Å²) in [6, 6.07) is 6.93. The molecular weight excluding hydrogens is 485 g/mol. The number of benzene rings is 1. The topological polar surface area (TPSA) is 134 Å². The van der Waals surface area contributed by atoms with Gasteiger partial charge in [-0.15, -0.1) is 0 Å². The van der Waals surface area contributed by atoms with Gasteiger partial charge in [-0.3, -0.25) is 24.6 Å². The third-order valence-corrected chi connectivity index (χ3v) is 6.44. The number of amides is 5. The Morgan fingerprint density at radius 1 is 1.19 bits per heavy atom. The predicted molar refractivity (Wildman–Crippen MR) is 128 cm³/mol. The van der Waals surface area contributed by atoms with Crippen LogP contribution in [0, 0.1) is 5.82 Å². The Morgan fingerprint density at radius 3 is 2.65 bits per heavy atom. The molecule has 5 heterocycles. The first-order valence-electron chi connectivity index (χ1n) is 11.8. The number of hydrogen-bond acceptors (Lipinski definition) is 7. The quantitative estimate of drug-likeness (QED) is 0.517. The maximum absolute atomic E-state index is 13.8. The van der Waals surface area contributed by atoms with E-state index in [0.717, 1.165) is 12.0 Å². The molecule has 37 heavy (non-hydrogen) atoms. The van der Waals surface area contributed by atoms with Crippen LogP contribution in [-0.2, 0) is 16.1 Å². The third kappa shape index (κ3) is 4.34. The van der Waals surface area contributed by atoms with Gasteiger partial charge in [0.1, 0.15) is 17.1 Å². The van der Waals surface area contributed by atoms with E-state index < -0.39 is 23.8 Å². The van der Waals surface area contributed by atoms with E-state index in [1.54, 1.807) is 40.1 Å². The Balaban J connectivity index is 0.000000164. The molecule has 2 N–H and O–H groups in total. The summed E-state index contributed by atoms with van der Waals surface area (Å²) in [5, 5.41) is 4.62. The lowest BCUT2D eigenvalue weighted by molar-refractivity contribution is -0.120. The number of pyridine rings is 1. The van der Waals surface area contributed by atoms with Crippen molar-refractivity contribution in [2.24, 2.45) is 0 Å². The molecule has 12 heteroatoms. The zero-order valence-corrected chi connectivity index (χ0v) is 20.2. The highest BCUT2D eigenvalue weighted by Crippen LogP contribution is 2.31. The second-order valence-electron chi connectivity index (χ2n) is 8.68. The molecule has 0 spiro atoms. The largest absolute Gasteiger partial charge is 0.494 e. The number of carbonyl (C=O) groups is 4. The van der Waals surface area contributed by atoms with Crippen LogP contribution in [0.1, 0.15) is 47.5 Å². The Hall–Kier alpha value is -4.48. The molecule has 5 amide bonds. The molecule has 2 saturated heterocycles. The maximum Gasteiger partial charge on any atom is 0.322 e. The van der Waals surface area contributed by atoms with Gasteiger partial charge in [0, 0.05) is 32.1 Å². The van der Waals surface area contributed by atoms with Crippen molar-refractivity contribution in [3.8, 4) is 5.75 Å². The number of fused-ring (bicyclic) bond motifs is 2. The normalized spacial score (nSPS) is 18.6. The van der Waals surface area contributed by atoms with Crippen LogP contribution in [0.5, 0.6) is 5.75 Å². The summed E-state index contributed by atoms with van der Waals surface area (Å²) in [7, 11) is 1.39. The van der Waals surface area contributed by atoms with E-state index in [9.17, 15) is 23.6 Å². The first-order valence-corrected chi connectivity index (χ1v) is 11.8. The summed E-state index contributed by atoms with van der Waals surface area (Å²) in [4.78, 5) is 54.0. The standard InChI is InChI=1S/C14H12N4O4.C11H12FNO2/c19-11-2-1-5-18(11)10-4-3-8-7(15-10)6-9(22-8)12-13(20)17-14(21)16-12;1-3-13-6-7-4-5-8(15-2)10(12)9(7)11(13)14/h3-4,6,12H,1-2,5H2,(H2,16,17,20,21);4-5H,3,6H2,1-2H3. The Kier molecular flexibility index (Phi) is 6.24. The van der Waals surface area contributed by atoms with Crippen LogP contribution in [0.4, 0.5) is 15.0 Å². The number of furan rings is 1. The summed E-state index contributed by atoms with van der Waals surface area (Å²) in [6.07, 6.45) is 1.36. The fourth-order valence-electron chi connectivity index (χ4n) is 4.54. The van der Waals surface area contributed by atoms with Gasteiger partial charge in [0.25, 0.3) is 11.8 Å². The smallest absolute Gasteiger partial charge is 0.322 e. The highest BCUT2D eigenvalue weighted by Gasteiger charge is 2.34. The van der Waals surface area contributed by atoms with E-state index in [1.165, 1.54) is 7.11 Å². The fourth-order valence-corrected chi connectivity index (χ4v) is 4.54. The van der Waals surface area contributed by atoms with Crippen molar-refractivity contribution in [3.63, 3.8) is 0 Å². The fraction of sp³-hybridized carbons (Fsp3) is 0.320. The number of aromatic nitrogens is 1. The van der Waals surface area contributed by atoms with E-state index >= 15 is 0 Å². The van der Waals surface area contributed by atoms with Gasteiger partial charge in [0.2, 0.25) is 5.91 Å². The van der Waals surface area contributed by atoms with Gasteiger partial charge in [-0.2, -0.15) is 0 Å². The molecule has 1 unspecified atom stereocenters. The Morgan fingerprint density at radius 2 is 2.00 bits per heavy atom. The number of rotatable bonds is 4. The van der Waals surface area contributed by atoms with E-state index in [-0.39, 0.29) is 23.1 Å². The van der Waals surface area contributed by atoms with Gasteiger partial charge in [-0.05, 0) is 37.1 Å². The molecule has 11 nitrogen and oxygen atoms in total. The number of nitrogens with one attached hydrogen (secondary N) is 2. The highest BCUT2D eigenvalue weighted by atomic mass is 19.1. The molecule has 3 aliphatic heterocycles. The zero-order valence-electron chi connectivity index (χ0n) is 20.2. The Labute approximate surface area is 210 Å². The number of nitrogens with zero attached hydrogens (tertiary/aromatic N) is 3. The number of anilines is 1. The van der Waals surface area contributed by atoms with Gasteiger partial charge in [0.05, 0.1) is 12.7 Å². The lowest BCUT2D eigenvalue weighted by Crippen LogP contribution is -2.24. The van der Waals surface area contributed by atoms with Crippen LogP contribution in [0.25, 0.3) is 11.1 Å². The molecule has 1 aromatic carbocycles. The van der Waals surface area contributed by atoms with Crippen LogP contribution in [0.15, 0.2) is 34.7 Å². The minimum Gasteiger partial charge on any atom is -0.494 e. The maximum atomic E-state index is 13.8. The number of carbonyl (C=O) groups excluding carboxylic acids is 4. The van der Waals surface area contributed by atoms with Crippen LogP contribution >= 0.6 is 0 Å². The molecule has 3 aromatic rings. The average molecular weight is 509 g/mol. The highest BCUT2D eigenvalue weighted by molar-refractivity contribution is 6.04. The van der Waals surface area contributed by atoms with Crippen LogP contribution in [0.3, 0.4) is 0 Å². The van der Waals surface area contributed by atoms with Gasteiger partial charge in [-0.1, -0.05) is 6.07 Å². The first-order chi connectivity index (χ1) is 17.8. The van der Waals surface area contributed by atoms with Crippen LogP contribution < -0.4 is 20.3 Å². The first kappa shape index (κ1) is 24.2. The van der Waals surface area contributed by atoms with E-state index in [2.05, 4.69) is 15.6 Å². The zero-order chi connectivity index (χ0) is 26.3. The number of urea groups is 1. The van der Waals surface area contributed by atoms with Gasteiger partial charge in [0.15, 0.2) is 23.2 Å². The second-order valence-corrected chi connectivity index (χ2v) is 8.68. The van der Waals surface area contributed by atoms with Crippen LogP contribution in [-0.4, -0.2) is 53.8 Å². The summed E-state index contributed by atoms with van der Waals surface area (Å²) >= 11 is 0. The van der Waals surface area contributed by atoms with Crippen molar-refractivity contribution in [1.82, 2.24) is 20.5 Å². The second kappa shape index (κ2) is 9.52. The number of halogens is 1. The summed E-state index contributed by atoms with van der Waals surface area (Å²) in [5.41, 5.74) is 1.94. The summed E-state index contributed by atoms with van der Waals surface area (Å²) in [6.45, 7) is 3.61. The molecule has 192 valence electrons. The average Bonchev–Trinajstić information content (AvgIpc) is 3.64. The molecule has 0 aliphatic carbocycles. The van der Waals surface area contributed by atoms with Crippen molar-refractivity contribution in [3.05, 3.63) is 53.0 Å². The van der Waals surface area contributed by atoms with E-state index in [0.29, 0.717) is 48.7 Å². The van der Waals surface area contributed by atoms with Gasteiger partial charge >= 0.3 is 6.03 Å². The van der Waals surface area contributed by atoms with Gasteiger partial charge in [-0.25, -0.2) is 14.2 Å². The molecule has 2 fully saturated rings. The molecule has 0 saturated carbocycles.